The molecule has 0 saturated heterocycles. The average molecular weight is 284 g/mol. The molecule has 110 valence electrons. The first-order chi connectivity index (χ1) is 9.45. The maximum atomic E-state index is 12.3. The number of aryl methyl sites for hydroxylation is 1. The van der Waals surface area contributed by atoms with Gasteiger partial charge in [0.15, 0.2) is 0 Å². The lowest BCUT2D eigenvalue weighted by Crippen LogP contribution is -2.38. The van der Waals surface area contributed by atoms with Gasteiger partial charge in [-0.2, -0.15) is 8.78 Å². The zero-order valence-corrected chi connectivity index (χ0v) is 11.5. The van der Waals surface area contributed by atoms with Crippen LogP contribution in [0.3, 0.4) is 0 Å². The number of rotatable bonds is 6. The van der Waals surface area contributed by atoms with E-state index in [0.29, 0.717) is 17.3 Å². The van der Waals surface area contributed by atoms with E-state index < -0.39 is 12.7 Å². The van der Waals surface area contributed by atoms with Gasteiger partial charge >= 0.3 is 6.61 Å². The van der Waals surface area contributed by atoms with Crippen molar-refractivity contribution in [2.45, 2.75) is 45.4 Å². The Morgan fingerprint density at radius 2 is 2.10 bits per heavy atom. The lowest BCUT2D eigenvalue weighted by molar-refractivity contribution is -0.121. The standard InChI is InChI=1S/C14H18F2N2O2/c1-8-3-4-11(7-12(8)20-14(15)16)17-9(2)13(19)18-10-5-6-10/h3-4,7,9-10,14,17H,5-6H2,1-2H3,(H,18,19). The number of hydrogen-bond donors (Lipinski definition) is 2. The van der Waals surface area contributed by atoms with Crippen LogP contribution in [0.5, 0.6) is 5.75 Å². The van der Waals surface area contributed by atoms with Crippen molar-refractivity contribution in [3.05, 3.63) is 23.8 Å². The molecule has 0 heterocycles. The molecule has 0 bridgehead atoms. The van der Waals surface area contributed by atoms with Crippen molar-refractivity contribution >= 4 is 11.6 Å². The predicted octanol–water partition coefficient (Wildman–Crippen LogP) is 2.68. The molecule has 1 fully saturated rings. The minimum atomic E-state index is -2.86. The molecule has 1 aromatic rings. The Bertz CT molecular complexity index is 490. The predicted molar refractivity (Wildman–Crippen MR) is 72.1 cm³/mol. The molecule has 2 N–H and O–H groups in total. The summed E-state index contributed by atoms with van der Waals surface area (Å²) < 4.78 is 29.0. The third-order valence-corrected chi connectivity index (χ3v) is 3.10. The van der Waals surface area contributed by atoms with Crippen LogP contribution in [0.15, 0.2) is 18.2 Å². The first-order valence-electron chi connectivity index (χ1n) is 6.58. The van der Waals surface area contributed by atoms with E-state index in [-0.39, 0.29) is 11.7 Å². The van der Waals surface area contributed by atoms with Crippen LogP contribution in [0.1, 0.15) is 25.3 Å². The molecule has 1 aliphatic carbocycles. The first-order valence-corrected chi connectivity index (χ1v) is 6.58. The fourth-order valence-corrected chi connectivity index (χ4v) is 1.78. The summed E-state index contributed by atoms with van der Waals surface area (Å²) in [4.78, 5) is 11.8. The normalized spacial score (nSPS) is 15.8. The molecule has 0 spiro atoms. The number of amides is 1. The SMILES string of the molecule is Cc1ccc(NC(C)C(=O)NC2CC2)cc1OC(F)F. The highest BCUT2D eigenvalue weighted by Crippen LogP contribution is 2.25. The molecule has 1 aliphatic rings. The molecule has 0 radical (unpaired) electrons. The maximum absolute atomic E-state index is 12.3. The van der Waals surface area contributed by atoms with Gasteiger partial charge in [-0.25, -0.2) is 0 Å². The molecule has 20 heavy (non-hydrogen) atoms. The Morgan fingerprint density at radius 1 is 1.40 bits per heavy atom. The van der Waals surface area contributed by atoms with Gasteiger partial charge in [-0.1, -0.05) is 6.07 Å². The van der Waals surface area contributed by atoms with Gasteiger partial charge in [0, 0.05) is 17.8 Å². The number of hydrogen-bond acceptors (Lipinski definition) is 3. The third kappa shape index (κ3) is 4.08. The molecule has 1 amide bonds. The minimum absolute atomic E-state index is 0.0931. The van der Waals surface area contributed by atoms with Crippen molar-refractivity contribution in [2.75, 3.05) is 5.32 Å². The highest BCUT2D eigenvalue weighted by Gasteiger charge is 2.25. The summed E-state index contributed by atoms with van der Waals surface area (Å²) in [5.74, 6) is 0.0178. The first kappa shape index (κ1) is 14.6. The summed E-state index contributed by atoms with van der Waals surface area (Å²) in [5, 5.41) is 5.86. The Labute approximate surface area is 116 Å². The van der Waals surface area contributed by atoms with Crippen LogP contribution in [0.4, 0.5) is 14.5 Å². The fraction of sp³-hybridized carbons (Fsp3) is 0.500. The Hall–Kier alpha value is -1.85. The molecule has 0 aromatic heterocycles. The lowest BCUT2D eigenvalue weighted by Gasteiger charge is -2.16. The summed E-state index contributed by atoms with van der Waals surface area (Å²) in [5.41, 5.74) is 1.19. The van der Waals surface area contributed by atoms with Crippen molar-refractivity contribution < 1.29 is 18.3 Å². The van der Waals surface area contributed by atoms with E-state index in [2.05, 4.69) is 15.4 Å². The van der Waals surface area contributed by atoms with Gasteiger partial charge in [0.25, 0.3) is 0 Å². The van der Waals surface area contributed by atoms with Crippen LogP contribution in [0.2, 0.25) is 0 Å². The number of nitrogens with one attached hydrogen (secondary N) is 2. The van der Waals surface area contributed by atoms with Gasteiger partial charge in [-0.3, -0.25) is 4.79 Å². The second-order valence-electron chi connectivity index (χ2n) is 5.01. The summed E-state index contributed by atoms with van der Waals surface area (Å²) in [6, 6.07) is 4.74. The van der Waals surface area contributed by atoms with Gasteiger partial charge in [0.05, 0.1) is 0 Å². The highest BCUT2D eigenvalue weighted by molar-refractivity contribution is 5.84. The Kier molecular flexibility index (Phi) is 4.42. The molecule has 1 unspecified atom stereocenters. The lowest BCUT2D eigenvalue weighted by atomic mass is 10.2. The molecule has 1 atom stereocenters. The summed E-state index contributed by atoms with van der Waals surface area (Å²) in [6.07, 6.45) is 2.05. The molecular formula is C14H18F2N2O2. The molecule has 0 aliphatic heterocycles. The van der Waals surface area contributed by atoms with Crippen molar-refractivity contribution in [1.29, 1.82) is 0 Å². The third-order valence-electron chi connectivity index (χ3n) is 3.10. The van der Waals surface area contributed by atoms with Crippen LogP contribution < -0.4 is 15.4 Å². The molecule has 2 rings (SSSR count). The second-order valence-corrected chi connectivity index (χ2v) is 5.01. The molecule has 6 heteroatoms. The van der Waals surface area contributed by atoms with Gasteiger partial charge in [-0.15, -0.1) is 0 Å². The summed E-state index contributed by atoms with van der Waals surface area (Å²) in [6.45, 7) is 0.551. The highest BCUT2D eigenvalue weighted by atomic mass is 19.3. The van der Waals surface area contributed by atoms with E-state index in [1.54, 1.807) is 26.0 Å². The van der Waals surface area contributed by atoms with Gasteiger partial charge in [-0.05, 0) is 38.3 Å². The molecule has 1 aromatic carbocycles. The minimum Gasteiger partial charge on any atom is -0.434 e. The van der Waals surface area contributed by atoms with Gasteiger partial charge in [0.2, 0.25) is 5.91 Å². The van der Waals surface area contributed by atoms with E-state index in [1.807, 2.05) is 0 Å². The van der Waals surface area contributed by atoms with Crippen LogP contribution in [0, 0.1) is 6.92 Å². The number of benzene rings is 1. The maximum Gasteiger partial charge on any atom is 0.387 e. The summed E-state index contributed by atoms with van der Waals surface area (Å²) in [7, 11) is 0. The van der Waals surface area contributed by atoms with Crippen LogP contribution in [-0.4, -0.2) is 24.6 Å². The molecule has 4 nitrogen and oxygen atoms in total. The monoisotopic (exact) mass is 284 g/mol. The van der Waals surface area contributed by atoms with E-state index in [0.717, 1.165) is 12.8 Å². The van der Waals surface area contributed by atoms with Crippen LogP contribution in [-0.2, 0) is 4.79 Å². The number of halogens is 2. The van der Waals surface area contributed by atoms with E-state index in [1.165, 1.54) is 6.07 Å². The zero-order chi connectivity index (χ0) is 14.7. The smallest absolute Gasteiger partial charge is 0.387 e. The molecule has 1 saturated carbocycles. The second kappa shape index (κ2) is 6.07. The average Bonchev–Trinajstić information content (AvgIpc) is 3.16. The number of carbonyl (C=O) groups is 1. The van der Waals surface area contributed by atoms with E-state index >= 15 is 0 Å². The fourth-order valence-electron chi connectivity index (χ4n) is 1.78. The van der Waals surface area contributed by atoms with Crippen molar-refractivity contribution in [2.24, 2.45) is 0 Å². The number of carbonyl (C=O) groups excluding carboxylic acids is 1. The Balaban J connectivity index is 1.98. The van der Waals surface area contributed by atoms with Crippen LogP contribution in [0.25, 0.3) is 0 Å². The van der Waals surface area contributed by atoms with E-state index in [4.69, 9.17) is 0 Å². The largest absolute Gasteiger partial charge is 0.434 e. The zero-order valence-electron chi connectivity index (χ0n) is 11.5. The van der Waals surface area contributed by atoms with Crippen molar-refractivity contribution in [3.63, 3.8) is 0 Å². The summed E-state index contributed by atoms with van der Waals surface area (Å²) >= 11 is 0. The van der Waals surface area contributed by atoms with Gasteiger partial charge < -0.3 is 15.4 Å². The van der Waals surface area contributed by atoms with Crippen molar-refractivity contribution in [1.82, 2.24) is 5.32 Å². The number of anilines is 1. The molecular weight excluding hydrogens is 266 g/mol. The van der Waals surface area contributed by atoms with E-state index in [9.17, 15) is 13.6 Å². The topological polar surface area (TPSA) is 50.4 Å². The Morgan fingerprint density at radius 3 is 2.70 bits per heavy atom. The number of ether oxygens (including phenoxy) is 1. The van der Waals surface area contributed by atoms with Crippen molar-refractivity contribution in [3.8, 4) is 5.75 Å². The quantitative estimate of drug-likeness (QED) is 0.844. The van der Waals surface area contributed by atoms with Gasteiger partial charge in [0.1, 0.15) is 11.8 Å². The number of alkyl halides is 2. The van der Waals surface area contributed by atoms with Crippen LogP contribution >= 0.6 is 0 Å².